The van der Waals surface area contributed by atoms with Crippen LogP contribution in [0.2, 0.25) is 0 Å². The van der Waals surface area contributed by atoms with E-state index in [0.29, 0.717) is 12.8 Å². The first-order valence-corrected chi connectivity index (χ1v) is 7.96. The third kappa shape index (κ3) is 3.56. The molecule has 18 heavy (non-hydrogen) atoms. The van der Waals surface area contributed by atoms with Crippen LogP contribution in [0.25, 0.3) is 0 Å². The number of aliphatic hydroxyl groups is 1. The first-order valence-electron chi connectivity index (χ1n) is 6.35. The lowest BCUT2D eigenvalue weighted by Gasteiger charge is -2.35. The molecule has 1 saturated heterocycles. The first kappa shape index (κ1) is 14.0. The van der Waals surface area contributed by atoms with Crippen molar-refractivity contribution >= 4 is 33.2 Å². The van der Waals surface area contributed by atoms with Gasteiger partial charge >= 0.3 is 0 Å². The summed E-state index contributed by atoms with van der Waals surface area (Å²) in [7, 11) is 0. The third-order valence-electron chi connectivity index (χ3n) is 3.36. The topological polar surface area (TPSA) is 40.5 Å². The Morgan fingerprint density at radius 1 is 1.50 bits per heavy atom. The number of halogens is 1. The molecule has 1 unspecified atom stereocenters. The molecule has 2 heterocycles. The zero-order chi connectivity index (χ0) is 13.0. The molecular formula is C13H18BrNO2S. The summed E-state index contributed by atoms with van der Waals surface area (Å²) in [5, 5.41) is 9.07. The summed E-state index contributed by atoms with van der Waals surface area (Å²) in [6, 6.07) is 4.21. The van der Waals surface area contributed by atoms with Gasteiger partial charge in [0.25, 0.3) is 0 Å². The highest BCUT2D eigenvalue weighted by Crippen LogP contribution is 2.25. The van der Waals surface area contributed by atoms with Gasteiger partial charge < -0.3 is 10.0 Å². The fourth-order valence-corrected chi connectivity index (χ4v) is 3.95. The number of rotatable bonds is 4. The lowest BCUT2D eigenvalue weighted by atomic mass is 9.99. The Bertz CT molecular complexity index is 405. The molecule has 1 aromatic heterocycles. The van der Waals surface area contributed by atoms with Crippen molar-refractivity contribution in [2.24, 2.45) is 0 Å². The number of hydrogen-bond acceptors (Lipinski definition) is 3. The highest BCUT2D eigenvalue weighted by molar-refractivity contribution is 9.11. The molecule has 0 spiro atoms. The second-order valence-corrected chi connectivity index (χ2v) is 7.18. The number of aliphatic hydroxyl groups excluding tert-OH is 1. The van der Waals surface area contributed by atoms with Crippen molar-refractivity contribution < 1.29 is 9.90 Å². The minimum atomic E-state index is 0.166. The molecule has 1 aromatic rings. The highest BCUT2D eigenvalue weighted by atomic mass is 79.9. The molecule has 3 nitrogen and oxygen atoms in total. The van der Waals surface area contributed by atoms with Gasteiger partial charge in [0, 0.05) is 24.1 Å². The summed E-state index contributed by atoms with van der Waals surface area (Å²) < 4.78 is 1.07. The number of carbonyl (C=O) groups is 1. The van der Waals surface area contributed by atoms with E-state index < -0.39 is 0 Å². The van der Waals surface area contributed by atoms with E-state index in [1.807, 2.05) is 17.0 Å². The van der Waals surface area contributed by atoms with Crippen molar-refractivity contribution in [1.82, 2.24) is 4.90 Å². The molecule has 1 amide bonds. The van der Waals surface area contributed by atoms with Crippen molar-refractivity contribution in [3.8, 4) is 0 Å². The fourth-order valence-electron chi connectivity index (χ4n) is 2.48. The second-order valence-electron chi connectivity index (χ2n) is 4.63. The number of thiophene rings is 1. The van der Waals surface area contributed by atoms with Gasteiger partial charge in [-0.15, -0.1) is 11.3 Å². The van der Waals surface area contributed by atoms with Gasteiger partial charge in [0.15, 0.2) is 0 Å². The first-order chi connectivity index (χ1) is 8.70. The van der Waals surface area contributed by atoms with Crippen molar-refractivity contribution in [3.63, 3.8) is 0 Å². The minimum Gasteiger partial charge on any atom is -0.396 e. The summed E-state index contributed by atoms with van der Waals surface area (Å²) in [6.45, 7) is 1.01. The lowest BCUT2D eigenvalue weighted by molar-refractivity contribution is -0.134. The molecule has 1 atom stereocenters. The number of likely N-dealkylation sites (tertiary alicyclic amines) is 1. The van der Waals surface area contributed by atoms with Gasteiger partial charge in [-0.1, -0.05) is 0 Å². The zero-order valence-corrected chi connectivity index (χ0v) is 12.7. The molecule has 1 aliphatic heterocycles. The normalized spacial score (nSPS) is 20.1. The fraction of sp³-hybridized carbons (Fsp3) is 0.615. The summed E-state index contributed by atoms with van der Waals surface area (Å²) >= 11 is 5.03. The standard InChI is InChI=1S/C13H18BrNO2S/c14-12-5-4-11(18-12)9-13(17)15-7-2-1-3-10(15)6-8-16/h4-5,10,16H,1-3,6-9H2. The van der Waals surface area contributed by atoms with Gasteiger partial charge in [-0.05, 0) is 53.7 Å². The Kier molecular flexibility index (Phi) is 5.21. The smallest absolute Gasteiger partial charge is 0.228 e. The van der Waals surface area contributed by atoms with E-state index in [1.54, 1.807) is 11.3 Å². The average molecular weight is 332 g/mol. The summed E-state index contributed by atoms with van der Waals surface area (Å²) in [5.74, 6) is 0.197. The van der Waals surface area contributed by atoms with Crippen molar-refractivity contribution in [2.75, 3.05) is 13.2 Å². The predicted molar refractivity (Wildman–Crippen MR) is 76.8 cm³/mol. The van der Waals surface area contributed by atoms with Crippen molar-refractivity contribution in [1.29, 1.82) is 0 Å². The molecule has 2 rings (SSSR count). The third-order valence-corrected chi connectivity index (χ3v) is 4.99. The van der Waals surface area contributed by atoms with Crippen LogP contribution in [0.4, 0.5) is 0 Å². The summed E-state index contributed by atoms with van der Waals surface area (Å²) in [6.07, 6.45) is 4.47. The van der Waals surface area contributed by atoms with Crippen LogP contribution in [0.1, 0.15) is 30.6 Å². The van der Waals surface area contributed by atoms with E-state index >= 15 is 0 Å². The summed E-state index contributed by atoms with van der Waals surface area (Å²) in [5.41, 5.74) is 0. The molecule has 1 fully saturated rings. The van der Waals surface area contributed by atoms with Gasteiger partial charge in [0.2, 0.25) is 5.91 Å². The molecule has 5 heteroatoms. The molecule has 0 aromatic carbocycles. The predicted octanol–water partition coefficient (Wildman–Crippen LogP) is 2.82. The monoisotopic (exact) mass is 331 g/mol. The molecule has 0 bridgehead atoms. The van der Waals surface area contributed by atoms with Gasteiger partial charge in [-0.3, -0.25) is 4.79 Å². The second kappa shape index (κ2) is 6.68. The Labute approximate surface area is 120 Å². The van der Waals surface area contributed by atoms with Gasteiger partial charge in [0.05, 0.1) is 10.2 Å². The molecular weight excluding hydrogens is 314 g/mol. The number of piperidine rings is 1. The zero-order valence-electron chi connectivity index (χ0n) is 10.3. The minimum absolute atomic E-state index is 0.166. The number of amides is 1. The largest absolute Gasteiger partial charge is 0.396 e. The number of nitrogens with zero attached hydrogens (tertiary/aromatic N) is 1. The van der Waals surface area contributed by atoms with Crippen LogP contribution in [0.15, 0.2) is 15.9 Å². The molecule has 100 valence electrons. The maximum Gasteiger partial charge on any atom is 0.228 e. The molecule has 1 aliphatic rings. The molecule has 0 radical (unpaired) electrons. The number of carbonyl (C=O) groups excluding carboxylic acids is 1. The Morgan fingerprint density at radius 2 is 2.33 bits per heavy atom. The van der Waals surface area contributed by atoms with E-state index in [1.165, 1.54) is 6.42 Å². The van der Waals surface area contributed by atoms with E-state index in [4.69, 9.17) is 5.11 Å². The van der Waals surface area contributed by atoms with Crippen LogP contribution in [0, 0.1) is 0 Å². The molecule has 0 aliphatic carbocycles. The maximum atomic E-state index is 12.3. The van der Waals surface area contributed by atoms with Crippen LogP contribution in [0.5, 0.6) is 0 Å². The molecule has 0 saturated carbocycles. The Hall–Kier alpha value is -0.390. The Balaban J connectivity index is 1.97. The lowest BCUT2D eigenvalue weighted by Crippen LogP contribution is -2.44. The van der Waals surface area contributed by atoms with E-state index in [9.17, 15) is 4.79 Å². The van der Waals surface area contributed by atoms with Crippen LogP contribution >= 0.6 is 27.3 Å². The maximum absolute atomic E-state index is 12.3. The molecule has 1 N–H and O–H groups in total. The van der Waals surface area contributed by atoms with Gasteiger partial charge in [0.1, 0.15) is 0 Å². The van der Waals surface area contributed by atoms with Gasteiger partial charge in [-0.25, -0.2) is 0 Å². The average Bonchev–Trinajstić information content (AvgIpc) is 2.76. The van der Waals surface area contributed by atoms with E-state index in [0.717, 1.165) is 28.0 Å². The van der Waals surface area contributed by atoms with Crippen LogP contribution in [0.3, 0.4) is 0 Å². The van der Waals surface area contributed by atoms with Crippen LogP contribution < -0.4 is 0 Å². The Morgan fingerprint density at radius 3 is 3.00 bits per heavy atom. The van der Waals surface area contributed by atoms with Crippen LogP contribution in [-0.2, 0) is 11.2 Å². The van der Waals surface area contributed by atoms with E-state index in [2.05, 4.69) is 15.9 Å². The van der Waals surface area contributed by atoms with Crippen molar-refractivity contribution in [2.45, 2.75) is 38.1 Å². The number of hydrogen-bond donors (Lipinski definition) is 1. The summed E-state index contributed by atoms with van der Waals surface area (Å²) in [4.78, 5) is 15.4. The highest BCUT2D eigenvalue weighted by Gasteiger charge is 2.26. The van der Waals surface area contributed by atoms with Gasteiger partial charge in [-0.2, -0.15) is 0 Å². The van der Waals surface area contributed by atoms with E-state index in [-0.39, 0.29) is 18.6 Å². The SMILES string of the molecule is O=C(Cc1ccc(Br)s1)N1CCCCC1CCO. The quantitative estimate of drug-likeness (QED) is 0.921. The van der Waals surface area contributed by atoms with Crippen molar-refractivity contribution in [3.05, 3.63) is 20.8 Å². The van der Waals surface area contributed by atoms with Crippen LogP contribution in [-0.4, -0.2) is 35.1 Å².